The van der Waals surface area contributed by atoms with Crippen LogP contribution in [0.5, 0.6) is 5.75 Å². The number of fused-ring (bicyclic) bond motifs is 1. The molecule has 1 aromatic carbocycles. The molecular weight excluding hydrogens is 320 g/mol. The van der Waals surface area contributed by atoms with Crippen molar-refractivity contribution in [3.05, 3.63) is 42.4 Å². The molecule has 1 fully saturated rings. The summed E-state index contributed by atoms with van der Waals surface area (Å²) in [6.07, 6.45) is 3.58. The van der Waals surface area contributed by atoms with Crippen molar-refractivity contribution < 1.29 is 13.9 Å². The molecule has 3 heterocycles. The summed E-state index contributed by atoms with van der Waals surface area (Å²) in [5.41, 5.74) is 1.60. The number of hydrogen-bond acceptors (Lipinski definition) is 5. The van der Waals surface area contributed by atoms with Crippen molar-refractivity contribution >= 4 is 22.6 Å². The molecule has 1 aliphatic rings. The highest BCUT2D eigenvalue weighted by Gasteiger charge is 2.26. The molecule has 130 valence electrons. The molecule has 3 aromatic rings. The van der Waals surface area contributed by atoms with Crippen LogP contribution in [0.15, 0.2) is 41.1 Å². The molecule has 2 aromatic heterocycles. The minimum Gasteiger partial charge on any atom is -0.493 e. The highest BCUT2D eigenvalue weighted by Crippen LogP contribution is 2.29. The van der Waals surface area contributed by atoms with E-state index in [-0.39, 0.29) is 5.91 Å². The minimum absolute atomic E-state index is 0.0768. The van der Waals surface area contributed by atoms with E-state index in [1.165, 1.54) is 0 Å². The predicted molar refractivity (Wildman–Crippen MR) is 93.6 cm³/mol. The van der Waals surface area contributed by atoms with Gasteiger partial charge in [-0.3, -0.25) is 14.4 Å². The van der Waals surface area contributed by atoms with E-state index >= 15 is 0 Å². The fourth-order valence-electron chi connectivity index (χ4n) is 3.23. The van der Waals surface area contributed by atoms with Crippen LogP contribution in [0.4, 0.5) is 5.69 Å². The highest BCUT2D eigenvalue weighted by atomic mass is 16.5. The number of rotatable bonds is 4. The van der Waals surface area contributed by atoms with Crippen LogP contribution < -0.4 is 9.64 Å². The SMILES string of the molecule is COc1cccc2cc(CN3CCN(c4cnn(C)c4)C(=O)C3)oc12. The zero-order valence-electron chi connectivity index (χ0n) is 14.3. The third-order valence-corrected chi connectivity index (χ3v) is 4.46. The first kappa shape index (κ1) is 15.7. The molecule has 1 amide bonds. The summed E-state index contributed by atoms with van der Waals surface area (Å²) in [6.45, 7) is 2.40. The molecule has 0 unspecified atom stereocenters. The zero-order chi connectivity index (χ0) is 17.4. The number of aryl methyl sites for hydroxylation is 1. The molecule has 0 atom stereocenters. The molecule has 0 radical (unpaired) electrons. The van der Waals surface area contributed by atoms with Crippen molar-refractivity contribution in [2.24, 2.45) is 7.05 Å². The quantitative estimate of drug-likeness (QED) is 0.727. The zero-order valence-corrected chi connectivity index (χ0v) is 14.3. The summed E-state index contributed by atoms with van der Waals surface area (Å²) < 4.78 is 13.0. The molecule has 0 spiro atoms. The fraction of sp³-hybridized carbons (Fsp3) is 0.333. The van der Waals surface area contributed by atoms with Crippen LogP contribution in [-0.2, 0) is 18.4 Å². The molecule has 0 saturated carbocycles. The Balaban J connectivity index is 1.47. The largest absolute Gasteiger partial charge is 0.493 e. The number of para-hydroxylation sites is 1. The Morgan fingerprint density at radius 3 is 2.92 bits per heavy atom. The van der Waals surface area contributed by atoms with Gasteiger partial charge in [0.15, 0.2) is 11.3 Å². The van der Waals surface area contributed by atoms with Gasteiger partial charge in [0, 0.05) is 31.7 Å². The summed E-state index contributed by atoms with van der Waals surface area (Å²) in [5.74, 6) is 1.64. The molecule has 25 heavy (non-hydrogen) atoms. The number of nitrogens with zero attached hydrogens (tertiary/aromatic N) is 4. The number of furan rings is 1. The number of ether oxygens (including phenoxy) is 1. The molecule has 4 rings (SSSR count). The number of carbonyl (C=O) groups is 1. The molecular formula is C18H20N4O3. The Morgan fingerprint density at radius 1 is 1.32 bits per heavy atom. The summed E-state index contributed by atoms with van der Waals surface area (Å²) in [6, 6.07) is 7.83. The van der Waals surface area contributed by atoms with E-state index in [1.807, 2.05) is 37.5 Å². The monoisotopic (exact) mass is 340 g/mol. The molecule has 0 N–H and O–H groups in total. The van der Waals surface area contributed by atoms with Crippen LogP contribution in [-0.4, -0.2) is 47.3 Å². The summed E-state index contributed by atoms with van der Waals surface area (Å²) in [4.78, 5) is 16.4. The van der Waals surface area contributed by atoms with Gasteiger partial charge >= 0.3 is 0 Å². The van der Waals surface area contributed by atoms with E-state index in [0.29, 0.717) is 19.6 Å². The van der Waals surface area contributed by atoms with E-state index in [1.54, 1.807) is 22.9 Å². The van der Waals surface area contributed by atoms with Crippen molar-refractivity contribution in [2.45, 2.75) is 6.54 Å². The van der Waals surface area contributed by atoms with Gasteiger partial charge in [-0.1, -0.05) is 12.1 Å². The molecule has 1 aliphatic heterocycles. The average Bonchev–Trinajstić information content (AvgIpc) is 3.20. The molecule has 0 aliphatic carbocycles. The van der Waals surface area contributed by atoms with Crippen molar-refractivity contribution in [2.75, 3.05) is 31.6 Å². The maximum Gasteiger partial charge on any atom is 0.241 e. The second kappa shape index (κ2) is 6.25. The normalized spacial score (nSPS) is 15.9. The Bertz CT molecular complexity index is 914. The van der Waals surface area contributed by atoms with Crippen molar-refractivity contribution in [3.63, 3.8) is 0 Å². The number of aromatic nitrogens is 2. The van der Waals surface area contributed by atoms with Crippen LogP contribution in [0.2, 0.25) is 0 Å². The lowest BCUT2D eigenvalue weighted by Crippen LogP contribution is -2.50. The third-order valence-electron chi connectivity index (χ3n) is 4.46. The number of benzene rings is 1. The lowest BCUT2D eigenvalue weighted by atomic mass is 10.2. The molecule has 0 bridgehead atoms. The first-order valence-corrected chi connectivity index (χ1v) is 8.21. The number of anilines is 1. The van der Waals surface area contributed by atoms with Crippen molar-refractivity contribution in [1.29, 1.82) is 0 Å². The van der Waals surface area contributed by atoms with Crippen LogP contribution >= 0.6 is 0 Å². The summed E-state index contributed by atoms with van der Waals surface area (Å²) in [5, 5.41) is 5.14. The first-order chi connectivity index (χ1) is 12.1. The first-order valence-electron chi connectivity index (χ1n) is 8.21. The molecule has 7 heteroatoms. The topological polar surface area (TPSA) is 63.7 Å². The highest BCUT2D eigenvalue weighted by molar-refractivity contribution is 5.95. The van der Waals surface area contributed by atoms with Crippen LogP contribution in [0.1, 0.15) is 5.76 Å². The maximum absolute atomic E-state index is 12.5. The van der Waals surface area contributed by atoms with Gasteiger partial charge in [0.1, 0.15) is 5.76 Å². The van der Waals surface area contributed by atoms with Gasteiger partial charge in [0.05, 0.1) is 32.1 Å². The molecule has 1 saturated heterocycles. The van der Waals surface area contributed by atoms with Gasteiger partial charge in [0.2, 0.25) is 5.91 Å². The smallest absolute Gasteiger partial charge is 0.241 e. The van der Waals surface area contributed by atoms with Gasteiger partial charge in [-0.2, -0.15) is 5.10 Å². The van der Waals surface area contributed by atoms with E-state index < -0.39 is 0 Å². The summed E-state index contributed by atoms with van der Waals surface area (Å²) >= 11 is 0. The van der Waals surface area contributed by atoms with E-state index in [2.05, 4.69) is 10.00 Å². The Hall–Kier alpha value is -2.80. The number of amides is 1. The molecule has 7 nitrogen and oxygen atoms in total. The Labute approximate surface area is 145 Å². The van der Waals surface area contributed by atoms with Gasteiger partial charge in [-0.15, -0.1) is 0 Å². The average molecular weight is 340 g/mol. The third kappa shape index (κ3) is 2.98. The second-order valence-electron chi connectivity index (χ2n) is 6.22. The maximum atomic E-state index is 12.5. The number of hydrogen-bond donors (Lipinski definition) is 0. The Kier molecular flexibility index (Phi) is 3.93. The lowest BCUT2D eigenvalue weighted by molar-refractivity contribution is -0.121. The van der Waals surface area contributed by atoms with Gasteiger partial charge in [0.25, 0.3) is 0 Å². The van der Waals surface area contributed by atoms with E-state index in [0.717, 1.165) is 34.7 Å². The number of piperazine rings is 1. The second-order valence-corrected chi connectivity index (χ2v) is 6.22. The fourth-order valence-corrected chi connectivity index (χ4v) is 3.23. The minimum atomic E-state index is 0.0768. The summed E-state index contributed by atoms with van der Waals surface area (Å²) in [7, 11) is 3.48. The van der Waals surface area contributed by atoms with E-state index in [4.69, 9.17) is 9.15 Å². The van der Waals surface area contributed by atoms with Gasteiger partial charge in [-0.25, -0.2) is 0 Å². The Morgan fingerprint density at radius 2 is 2.20 bits per heavy atom. The predicted octanol–water partition coefficient (Wildman–Crippen LogP) is 2.02. The van der Waals surface area contributed by atoms with Crippen molar-refractivity contribution in [1.82, 2.24) is 14.7 Å². The number of methoxy groups -OCH3 is 1. The van der Waals surface area contributed by atoms with E-state index in [9.17, 15) is 4.79 Å². The van der Waals surface area contributed by atoms with Crippen molar-refractivity contribution in [3.8, 4) is 5.75 Å². The van der Waals surface area contributed by atoms with Crippen LogP contribution in [0.25, 0.3) is 11.0 Å². The standard InChI is InChI=1S/C18H20N4O3/c1-20-10-14(9-19-20)22-7-6-21(12-17(22)23)11-15-8-13-4-3-5-16(24-2)18(13)25-15/h3-5,8-10H,6-7,11-12H2,1-2H3. The lowest BCUT2D eigenvalue weighted by Gasteiger charge is -2.32. The number of carbonyl (C=O) groups excluding carboxylic acids is 1. The van der Waals surface area contributed by atoms with Gasteiger partial charge < -0.3 is 14.1 Å². The van der Waals surface area contributed by atoms with Crippen LogP contribution in [0, 0.1) is 0 Å². The van der Waals surface area contributed by atoms with Crippen LogP contribution in [0.3, 0.4) is 0 Å². The van der Waals surface area contributed by atoms with Gasteiger partial charge in [-0.05, 0) is 12.1 Å².